The summed E-state index contributed by atoms with van der Waals surface area (Å²) in [6, 6.07) is 19.3. The van der Waals surface area contributed by atoms with Crippen molar-refractivity contribution >= 4 is 5.71 Å². The molecule has 5 rings (SSSR count). The topological polar surface area (TPSA) is 63.5 Å². The van der Waals surface area contributed by atoms with Crippen LogP contribution < -0.4 is 14.2 Å². The van der Waals surface area contributed by atoms with E-state index in [9.17, 15) is 5.11 Å². The van der Waals surface area contributed by atoms with E-state index in [0.29, 0.717) is 17.9 Å². The zero-order valence-electron chi connectivity index (χ0n) is 17.7. The van der Waals surface area contributed by atoms with Crippen molar-refractivity contribution in [3.05, 3.63) is 82.9 Å². The Morgan fingerprint density at radius 3 is 2.61 bits per heavy atom. The number of aromatic hydroxyl groups is 1. The summed E-state index contributed by atoms with van der Waals surface area (Å²) in [5.41, 5.74) is 4.57. The fourth-order valence-electron chi connectivity index (χ4n) is 4.39. The van der Waals surface area contributed by atoms with Crippen LogP contribution in [0, 0.1) is 6.92 Å². The van der Waals surface area contributed by atoms with Crippen LogP contribution >= 0.6 is 0 Å². The highest BCUT2D eigenvalue weighted by atomic mass is 16.5. The van der Waals surface area contributed by atoms with Crippen LogP contribution in [0.5, 0.6) is 23.0 Å². The van der Waals surface area contributed by atoms with Gasteiger partial charge in [0.15, 0.2) is 11.5 Å². The Kier molecular flexibility index (Phi) is 4.70. The van der Waals surface area contributed by atoms with Crippen molar-refractivity contribution in [1.82, 2.24) is 5.01 Å². The smallest absolute Gasteiger partial charge is 0.217 e. The third kappa shape index (κ3) is 3.15. The highest BCUT2D eigenvalue weighted by Crippen LogP contribution is 2.50. The van der Waals surface area contributed by atoms with Gasteiger partial charge in [0, 0.05) is 17.5 Å². The van der Waals surface area contributed by atoms with Gasteiger partial charge in [0.25, 0.3) is 0 Å². The summed E-state index contributed by atoms with van der Waals surface area (Å²) in [6.45, 7) is 2.01. The first kappa shape index (κ1) is 19.3. The van der Waals surface area contributed by atoms with E-state index in [1.165, 1.54) is 0 Å². The van der Waals surface area contributed by atoms with Crippen molar-refractivity contribution in [3.8, 4) is 23.0 Å². The first-order valence-electron chi connectivity index (χ1n) is 10.2. The van der Waals surface area contributed by atoms with E-state index in [1.54, 1.807) is 20.3 Å². The highest BCUT2D eigenvalue weighted by Gasteiger charge is 2.42. The number of methoxy groups -OCH3 is 2. The van der Waals surface area contributed by atoms with Gasteiger partial charge in [-0.05, 0) is 37.3 Å². The molecule has 0 amide bonds. The Hall–Kier alpha value is -3.67. The highest BCUT2D eigenvalue weighted by molar-refractivity contribution is 6.04. The van der Waals surface area contributed by atoms with Gasteiger partial charge in [0.1, 0.15) is 11.5 Å². The molecular weight excluding hydrogens is 392 g/mol. The lowest BCUT2D eigenvalue weighted by molar-refractivity contribution is -0.0205. The summed E-state index contributed by atoms with van der Waals surface area (Å²) >= 11 is 0. The molecule has 2 atom stereocenters. The summed E-state index contributed by atoms with van der Waals surface area (Å²) in [6.07, 6.45) is 0.176. The van der Waals surface area contributed by atoms with Gasteiger partial charge < -0.3 is 19.3 Å². The SMILES string of the molecule is COc1cccc([C@H]2Oc3ccccc3[C@H]3CC(c4cc(C)ccc4O)=NN32)c1OC. The van der Waals surface area contributed by atoms with Gasteiger partial charge in [-0.15, -0.1) is 0 Å². The number of benzene rings is 3. The molecule has 0 aromatic heterocycles. The molecule has 0 saturated carbocycles. The van der Waals surface area contributed by atoms with Crippen molar-refractivity contribution in [2.75, 3.05) is 14.2 Å². The number of rotatable bonds is 4. The minimum atomic E-state index is -0.491. The number of phenols is 1. The number of para-hydroxylation sites is 2. The van der Waals surface area contributed by atoms with E-state index < -0.39 is 6.23 Å². The number of aryl methyl sites for hydroxylation is 1. The Labute approximate surface area is 181 Å². The molecule has 3 aromatic carbocycles. The standard InChI is InChI=1S/C25H24N2O4/c1-15-11-12-21(28)18(13-15)19-14-20-16-7-4-5-9-22(16)31-25(27(20)26-19)17-8-6-10-23(29-2)24(17)30-3/h4-13,20,25,28H,14H2,1-3H3/t20-,25-/m1/s1. The molecule has 6 nitrogen and oxygen atoms in total. The molecule has 2 aliphatic rings. The fraction of sp³-hybridized carbons (Fsp3) is 0.240. The molecule has 0 saturated heterocycles. The molecule has 31 heavy (non-hydrogen) atoms. The molecule has 2 heterocycles. The number of ether oxygens (including phenoxy) is 3. The van der Waals surface area contributed by atoms with Gasteiger partial charge in [0.05, 0.1) is 31.5 Å². The maximum absolute atomic E-state index is 10.5. The largest absolute Gasteiger partial charge is 0.507 e. The second-order valence-corrected chi connectivity index (χ2v) is 7.76. The van der Waals surface area contributed by atoms with Crippen LogP contribution in [0.15, 0.2) is 65.8 Å². The van der Waals surface area contributed by atoms with Crippen molar-refractivity contribution in [2.45, 2.75) is 25.6 Å². The number of hydrogen-bond donors (Lipinski definition) is 1. The van der Waals surface area contributed by atoms with Gasteiger partial charge in [-0.1, -0.05) is 35.9 Å². The van der Waals surface area contributed by atoms with E-state index >= 15 is 0 Å². The van der Waals surface area contributed by atoms with Gasteiger partial charge in [-0.2, -0.15) is 5.10 Å². The normalized spacial score (nSPS) is 19.2. The molecular formula is C25H24N2O4. The van der Waals surface area contributed by atoms with E-state index in [0.717, 1.165) is 33.7 Å². The van der Waals surface area contributed by atoms with Crippen LogP contribution in [0.25, 0.3) is 0 Å². The van der Waals surface area contributed by atoms with Crippen LogP contribution in [0.1, 0.15) is 40.9 Å². The molecule has 0 fully saturated rings. The van der Waals surface area contributed by atoms with E-state index in [1.807, 2.05) is 60.5 Å². The van der Waals surface area contributed by atoms with E-state index in [2.05, 4.69) is 6.07 Å². The maximum Gasteiger partial charge on any atom is 0.217 e. The summed E-state index contributed by atoms with van der Waals surface area (Å²) in [7, 11) is 3.24. The fourth-order valence-corrected chi connectivity index (χ4v) is 4.39. The average Bonchev–Trinajstić information content (AvgIpc) is 3.25. The van der Waals surface area contributed by atoms with Gasteiger partial charge in [0.2, 0.25) is 6.23 Å². The number of nitrogens with zero attached hydrogens (tertiary/aromatic N) is 2. The van der Waals surface area contributed by atoms with Crippen LogP contribution in [-0.2, 0) is 0 Å². The number of fused-ring (bicyclic) bond motifs is 3. The molecule has 6 heteroatoms. The average molecular weight is 416 g/mol. The third-order valence-corrected chi connectivity index (χ3v) is 5.86. The third-order valence-electron chi connectivity index (χ3n) is 5.86. The Bertz CT molecular complexity index is 1170. The van der Waals surface area contributed by atoms with Gasteiger partial charge in [-0.3, -0.25) is 0 Å². The molecule has 0 spiro atoms. The molecule has 0 bridgehead atoms. The second kappa shape index (κ2) is 7.54. The monoisotopic (exact) mass is 416 g/mol. The lowest BCUT2D eigenvalue weighted by Gasteiger charge is -2.38. The minimum absolute atomic E-state index is 0.0132. The van der Waals surface area contributed by atoms with Gasteiger partial charge in [-0.25, -0.2) is 5.01 Å². The lowest BCUT2D eigenvalue weighted by atomic mass is 9.95. The van der Waals surface area contributed by atoms with E-state index in [4.69, 9.17) is 19.3 Å². The quantitative estimate of drug-likeness (QED) is 0.651. The maximum atomic E-state index is 10.5. The number of hydrazone groups is 1. The first-order valence-corrected chi connectivity index (χ1v) is 10.2. The molecule has 3 aromatic rings. The summed E-state index contributed by atoms with van der Waals surface area (Å²) in [5, 5.41) is 17.4. The predicted octanol–water partition coefficient (Wildman–Crippen LogP) is 4.96. The number of phenolic OH excluding ortho intramolecular Hbond substituents is 1. The zero-order valence-corrected chi connectivity index (χ0v) is 17.7. The predicted molar refractivity (Wildman–Crippen MR) is 118 cm³/mol. The molecule has 1 N–H and O–H groups in total. The van der Waals surface area contributed by atoms with Crippen molar-refractivity contribution < 1.29 is 19.3 Å². The Balaban J connectivity index is 1.65. The zero-order chi connectivity index (χ0) is 21.5. The Morgan fingerprint density at radius 1 is 1.00 bits per heavy atom. The van der Waals surface area contributed by atoms with Gasteiger partial charge >= 0.3 is 0 Å². The first-order chi connectivity index (χ1) is 15.1. The van der Waals surface area contributed by atoms with Crippen molar-refractivity contribution in [1.29, 1.82) is 0 Å². The number of hydrogen-bond acceptors (Lipinski definition) is 6. The van der Waals surface area contributed by atoms with Crippen molar-refractivity contribution in [2.24, 2.45) is 5.10 Å². The van der Waals surface area contributed by atoms with Crippen LogP contribution in [-0.4, -0.2) is 30.0 Å². The van der Waals surface area contributed by atoms with E-state index in [-0.39, 0.29) is 11.8 Å². The molecule has 0 unspecified atom stereocenters. The van der Waals surface area contributed by atoms with Crippen LogP contribution in [0.2, 0.25) is 0 Å². The molecule has 0 aliphatic carbocycles. The van der Waals surface area contributed by atoms with Crippen molar-refractivity contribution in [3.63, 3.8) is 0 Å². The van der Waals surface area contributed by atoms with Crippen LogP contribution in [0.3, 0.4) is 0 Å². The Morgan fingerprint density at radius 2 is 1.81 bits per heavy atom. The summed E-state index contributed by atoms with van der Waals surface area (Å²) in [5.74, 6) is 2.31. The summed E-state index contributed by atoms with van der Waals surface area (Å²) in [4.78, 5) is 0. The second-order valence-electron chi connectivity index (χ2n) is 7.76. The van der Waals surface area contributed by atoms with Crippen LogP contribution in [0.4, 0.5) is 0 Å². The minimum Gasteiger partial charge on any atom is -0.507 e. The molecule has 0 radical (unpaired) electrons. The molecule has 158 valence electrons. The summed E-state index contributed by atoms with van der Waals surface area (Å²) < 4.78 is 17.6. The lowest BCUT2D eigenvalue weighted by Crippen LogP contribution is -2.34. The molecule has 2 aliphatic heterocycles.